The molecule has 3 aromatic carbocycles. The molecule has 1 aromatic heterocycles. The Labute approximate surface area is 209 Å². The number of ether oxygens (including phenoxy) is 1. The number of anilines is 2. The Hall–Kier alpha value is -4.34. The normalized spacial score (nSPS) is 15.2. The minimum atomic E-state index is -1.32. The van der Waals surface area contributed by atoms with E-state index < -0.39 is 29.5 Å². The number of aromatic nitrogens is 1. The summed E-state index contributed by atoms with van der Waals surface area (Å²) in [5.41, 5.74) is 4.26. The standard InChI is InChI=1S/C27H20F4N4O2/c28-15-10-19(24(31)21(30)11-15)17-4-3-5-18-25(17)32-12-20(26(18)34-13-16(29)14-34)27(36)33-35-8-9-37-23-7-2-1-6-22(23)35/h1-7,10-12,16H,8-9,13-14H2,(H,33,36). The van der Waals surface area contributed by atoms with Crippen LogP contribution in [0.5, 0.6) is 5.75 Å². The number of hydrogen-bond acceptors (Lipinski definition) is 5. The molecule has 3 heterocycles. The predicted molar refractivity (Wildman–Crippen MR) is 131 cm³/mol. The zero-order valence-corrected chi connectivity index (χ0v) is 19.3. The van der Waals surface area contributed by atoms with E-state index in [0.717, 1.165) is 6.07 Å². The average molecular weight is 508 g/mol. The molecule has 0 radical (unpaired) electrons. The van der Waals surface area contributed by atoms with Gasteiger partial charge in [-0.25, -0.2) is 17.6 Å². The van der Waals surface area contributed by atoms with E-state index in [1.54, 1.807) is 28.1 Å². The van der Waals surface area contributed by atoms with Gasteiger partial charge in [0.2, 0.25) is 0 Å². The molecule has 6 rings (SSSR count). The molecule has 0 unspecified atom stereocenters. The Morgan fingerprint density at radius 2 is 1.84 bits per heavy atom. The van der Waals surface area contributed by atoms with Crippen LogP contribution in [0.15, 0.2) is 60.8 Å². The monoisotopic (exact) mass is 508 g/mol. The summed E-state index contributed by atoms with van der Waals surface area (Å²) in [4.78, 5) is 19.6. The number of halogens is 4. The highest BCUT2D eigenvalue weighted by molar-refractivity contribution is 6.10. The van der Waals surface area contributed by atoms with Crippen molar-refractivity contribution in [2.75, 3.05) is 36.1 Å². The summed E-state index contributed by atoms with van der Waals surface area (Å²) in [5, 5.41) is 2.10. The van der Waals surface area contributed by atoms with Gasteiger partial charge in [0.05, 0.1) is 42.1 Å². The molecule has 0 spiro atoms. The number of nitrogens with zero attached hydrogens (tertiary/aromatic N) is 3. The minimum absolute atomic E-state index is 0.0625. The third-order valence-corrected chi connectivity index (χ3v) is 6.52. The first kappa shape index (κ1) is 23.1. The molecule has 1 saturated heterocycles. The fraction of sp³-hybridized carbons (Fsp3) is 0.185. The van der Waals surface area contributed by atoms with Gasteiger partial charge in [-0.2, -0.15) is 0 Å². The lowest BCUT2D eigenvalue weighted by molar-refractivity contribution is 0.0944. The van der Waals surface area contributed by atoms with Gasteiger partial charge in [0.25, 0.3) is 5.91 Å². The van der Waals surface area contributed by atoms with Crippen molar-refractivity contribution in [3.8, 4) is 16.9 Å². The minimum Gasteiger partial charge on any atom is -0.489 e. The number of hydrazine groups is 1. The van der Waals surface area contributed by atoms with Crippen LogP contribution in [0, 0.1) is 17.5 Å². The van der Waals surface area contributed by atoms with Crippen molar-refractivity contribution in [1.29, 1.82) is 0 Å². The van der Waals surface area contributed by atoms with E-state index >= 15 is 0 Å². The van der Waals surface area contributed by atoms with Crippen LogP contribution in [-0.2, 0) is 0 Å². The lowest BCUT2D eigenvalue weighted by atomic mass is 9.97. The van der Waals surface area contributed by atoms with Crippen molar-refractivity contribution in [2.24, 2.45) is 0 Å². The number of para-hydroxylation sites is 3. The smallest absolute Gasteiger partial charge is 0.273 e. The maximum absolute atomic E-state index is 14.7. The van der Waals surface area contributed by atoms with Gasteiger partial charge in [0.15, 0.2) is 11.6 Å². The molecule has 1 N–H and O–H groups in total. The van der Waals surface area contributed by atoms with E-state index in [1.807, 2.05) is 18.2 Å². The first-order valence-corrected chi connectivity index (χ1v) is 11.7. The molecule has 1 amide bonds. The number of rotatable bonds is 4. The summed E-state index contributed by atoms with van der Waals surface area (Å²) < 4.78 is 62.2. The quantitative estimate of drug-likeness (QED) is 0.310. The van der Waals surface area contributed by atoms with E-state index in [9.17, 15) is 22.4 Å². The average Bonchev–Trinajstić information content (AvgIpc) is 2.88. The molecule has 2 aliphatic rings. The topological polar surface area (TPSA) is 57.7 Å². The number of carbonyl (C=O) groups excluding carboxylic acids is 1. The van der Waals surface area contributed by atoms with Crippen molar-refractivity contribution in [3.63, 3.8) is 0 Å². The predicted octanol–water partition coefficient (Wildman–Crippen LogP) is 5.02. The number of carbonyl (C=O) groups is 1. The summed E-state index contributed by atoms with van der Waals surface area (Å²) in [6, 6.07) is 13.4. The number of pyridine rings is 1. The lowest BCUT2D eigenvalue weighted by Crippen LogP contribution is -2.50. The van der Waals surface area contributed by atoms with E-state index in [0.29, 0.717) is 41.7 Å². The summed E-state index contributed by atoms with van der Waals surface area (Å²) >= 11 is 0. The first-order valence-electron chi connectivity index (χ1n) is 11.7. The number of benzene rings is 3. The Bertz CT molecular complexity index is 1540. The number of amides is 1. The summed E-state index contributed by atoms with van der Waals surface area (Å²) in [5.74, 6) is -3.31. The second-order valence-corrected chi connectivity index (χ2v) is 8.88. The molecule has 0 aliphatic carbocycles. The van der Waals surface area contributed by atoms with Gasteiger partial charge in [0.1, 0.15) is 24.3 Å². The largest absolute Gasteiger partial charge is 0.489 e. The van der Waals surface area contributed by atoms with Gasteiger partial charge in [-0.3, -0.25) is 20.2 Å². The van der Waals surface area contributed by atoms with Crippen molar-refractivity contribution in [1.82, 2.24) is 10.4 Å². The van der Waals surface area contributed by atoms with Gasteiger partial charge in [-0.1, -0.05) is 30.3 Å². The van der Waals surface area contributed by atoms with Crippen molar-refractivity contribution in [3.05, 3.63) is 83.8 Å². The zero-order valence-electron chi connectivity index (χ0n) is 19.3. The second kappa shape index (κ2) is 8.95. The molecular formula is C27H20F4N4O2. The number of hydrogen-bond donors (Lipinski definition) is 1. The number of nitrogens with one attached hydrogen (secondary N) is 1. The fourth-order valence-corrected chi connectivity index (χ4v) is 4.76. The van der Waals surface area contributed by atoms with Gasteiger partial charge >= 0.3 is 0 Å². The van der Waals surface area contributed by atoms with Crippen LogP contribution in [-0.4, -0.2) is 43.3 Å². The van der Waals surface area contributed by atoms with E-state index in [2.05, 4.69) is 10.4 Å². The van der Waals surface area contributed by atoms with Gasteiger partial charge in [-0.05, 0) is 18.2 Å². The number of fused-ring (bicyclic) bond motifs is 2. The summed E-state index contributed by atoms with van der Waals surface area (Å²) in [6.07, 6.45) is 0.255. The maximum Gasteiger partial charge on any atom is 0.273 e. The number of alkyl halides is 1. The molecule has 2 aliphatic heterocycles. The van der Waals surface area contributed by atoms with Crippen LogP contribution in [0.2, 0.25) is 0 Å². The maximum atomic E-state index is 14.7. The van der Waals surface area contributed by atoms with Gasteiger partial charge < -0.3 is 9.64 Å². The van der Waals surface area contributed by atoms with Gasteiger partial charge in [0, 0.05) is 28.8 Å². The summed E-state index contributed by atoms with van der Waals surface area (Å²) in [6.45, 7) is 0.902. The molecule has 0 atom stereocenters. The van der Waals surface area contributed by atoms with Crippen LogP contribution in [0.1, 0.15) is 10.4 Å². The molecular weight excluding hydrogens is 488 g/mol. The lowest BCUT2D eigenvalue weighted by Gasteiger charge is -2.38. The highest BCUT2D eigenvalue weighted by Crippen LogP contribution is 2.39. The van der Waals surface area contributed by atoms with Crippen LogP contribution in [0.25, 0.3) is 22.0 Å². The Morgan fingerprint density at radius 1 is 1.03 bits per heavy atom. The highest BCUT2D eigenvalue weighted by atomic mass is 19.2. The van der Waals surface area contributed by atoms with Crippen LogP contribution in [0.3, 0.4) is 0 Å². The van der Waals surface area contributed by atoms with Crippen molar-refractivity contribution in [2.45, 2.75) is 6.17 Å². The molecule has 4 aromatic rings. The van der Waals surface area contributed by atoms with Gasteiger partial charge in [-0.15, -0.1) is 0 Å². The fourth-order valence-electron chi connectivity index (χ4n) is 4.76. The van der Waals surface area contributed by atoms with Crippen LogP contribution < -0.4 is 20.1 Å². The molecule has 37 heavy (non-hydrogen) atoms. The molecule has 1 fully saturated rings. The van der Waals surface area contributed by atoms with Crippen LogP contribution >= 0.6 is 0 Å². The zero-order chi connectivity index (χ0) is 25.7. The third-order valence-electron chi connectivity index (χ3n) is 6.52. The van der Waals surface area contributed by atoms with Crippen LogP contribution in [0.4, 0.5) is 28.9 Å². The van der Waals surface area contributed by atoms with E-state index in [1.165, 1.54) is 12.3 Å². The SMILES string of the molecule is O=C(NN1CCOc2ccccc21)c1cnc2c(-c3cc(F)cc(F)c3F)cccc2c1N1CC(F)C1. The first-order chi connectivity index (χ1) is 17.9. The second-order valence-electron chi connectivity index (χ2n) is 8.88. The summed E-state index contributed by atoms with van der Waals surface area (Å²) in [7, 11) is 0. The van der Waals surface area contributed by atoms with Crippen molar-refractivity contribution >= 4 is 28.2 Å². The molecule has 0 saturated carbocycles. The van der Waals surface area contributed by atoms with E-state index in [4.69, 9.17) is 4.74 Å². The highest BCUT2D eigenvalue weighted by Gasteiger charge is 2.32. The Kier molecular flexibility index (Phi) is 5.58. The molecule has 0 bridgehead atoms. The third kappa shape index (κ3) is 3.98. The molecule has 10 heteroatoms. The Balaban J connectivity index is 1.46. The molecule has 6 nitrogen and oxygen atoms in total. The van der Waals surface area contributed by atoms with Crippen molar-refractivity contribution < 1.29 is 27.1 Å². The molecule has 188 valence electrons. The Morgan fingerprint density at radius 3 is 2.65 bits per heavy atom. The van der Waals surface area contributed by atoms with E-state index in [-0.39, 0.29) is 35.3 Å².